The van der Waals surface area contributed by atoms with Crippen molar-refractivity contribution in [1.82, 2.24) is 0 Å². The van der Waals surface area contributed by atoms with Crippen LogP contribution in [0, 0.1) is 6.92 Å². The van der Waals surface area contributed by atoms with Crippen LogP contribution in [0.4, 0.5) is 0 Å². The van der Waals surface area contributed by atoms with E-state index in [-0.39, 0.29) is 0 Å². The lowest BCUT2D eigenvalue weighted by molar-refractivity contribution is 0.482. The number of aryl methyl sites for hydroxylation is 1. The van der Waals surface area contributed by atoms with E-state index in [1.54, 1.807) is 0 Å². The van der Waals surface area contributed by atoms with Crippen LogP contribution in [0.1, 0.15) is 11.1 Å². The van der Waals surface area contributed by atoms with Crippen LogP contribution in [-0.4, -0.2) is 6.54 Å². The second-order valence-corrected chi connectivity index (χ2v) is 4.61. The first-order chi connectivity index (χ1) is 8.69. The Morgan fingerprint density at radius 1 is 1.06 bits per heavy atom. The summed E-state index contributed by atoms with van der Waals surface area (Å²) in [5, 5.41) is 0.699. The minimum atomic E-state index is 0.595. The van der Waals surface area contributed by atoms with Gasteiger partial charge in [0.2, 0.25) is 0 Å². The van der Waals surface area contributed by atoms with Gasteiger partial charge in [-0.25, -0.2) is 0 Å². The molecule has 0 radical (unpaired) electrons. The first-order valence-corrected chi connectivity index (χ1v) is 6.30. The average Bonchev–Trinajstić information content (AvgIpc) is 2.36. The fourth-order valence-corrected chi connectivity index (χ4v) is 1.96. The summed E-state index contributed by atoms with van der Waals surface area (Å²) in [6.07, 6.45) is 0.781. The lowest BCUT2D eigenvalue weighted by Gasteiger charge is -2.08. The Bertz CT molecular complexity index is 523. The number of hydrogen-bond acceptors (Lipinski definition) is 2. The van der Waals surface area contributed by atoms with Gasteiger partial charge in [-0.15, -0.1) is 0 Å². The molecular weight excluding hydrogens is 246 g/mol. The highest BCUT2D eigenvalue weighted by Crippen LogP contribution is 2.27. The van der Waals surface area contributed by atoms with Crippen molar-refractivity contribution >= 4 is 11.6 Å². The molecule has 2 aromatic rings. The summed E-state index contributed by atoms with van der Waals surface area (Å²) in [5.41, 5.74) is 7.77. The molecule has 18 heavy (non-hydrogen) atoms. The van der Waals surface area contributed by atoms with E-state index in [0.717, 1.165) is 23.5 Å². The Balaban J connectivity index is 2.14. The van der Waals surface area contributed by atoms with E-state index < -0.39 is 0 Å². The molecule has 0 aliphatic heterocycles. The van der Waals surface area contributed by atoms with Gasteiger partial charge in [0.05, 0.1) is 0 Å². The predicted molar refractivity (Wildman–Crippen MR) is 75.5 cm³/mol. The maximum atomic E-state index is 6.16. The Morgan fingerprint density at radius 3 is 2.33 bits per heavy atom. The van der Waals surface area contributed by atoms with Crippen LogP contribution in [0.3, 0.4) is 0 Å². The zero-order valence-electron chi connectivity index (χ0n) is 10.3. The third-order valence-electron chi connectivity index (χ3n) is 2.69. The first kappa shape index (κ1) is 12.9. The number of rotatable bonds is 4. The van der Waals surface area contributed by atoms with Crippen molar-refractivity contribution in [2.24, 2.45) is 5.73 Å². The summed E-state index contributed by atoms with van der Waals surface area (Å²) in [7, 11) is 0. The topological polar surface area (TPSA) is 35.2 Å². The predicted octanol–water partition coefficient (Wildman–Crippen LogP) is 3.94. The minimum Gasteiger partial charge on any atom is -0.457 e. The summed E-state index contributed by atoms with van der Waals surface area (Å²) in [4.78, 5) is 0. The van der Waals surface area contributed by atoms with E-state index in [1.165, 1.54) is 5.56 Å². The van der Waals surface area contributed by atoms with Crippen molar-refractivity contribution in [2.75, 3.05) is 6.54 Å². The number of ether oxygens (including phenoxy) is 1. The van der Waals surface area contributed by atoms with Crippen LogP contribution in [0.5, 0.6) is 11.5 Å². The first-order valence-electron chi connectivity index (χ1n) is 5.92. The fraction of sp³-hybridized carbons (Fsp3) is 0.200. The maximum absolute atomic E-state index is 6.16. The molecule has 2 aromatic carbocycles. The van der Waals surface area contributed by atoms with Gasteiger partial charge in [-0.05, 0) is 49.7 Å². The molecule has 0 aliphatic carbocycles. The molecule has 0 saturated carbocycles. The highest BCUT2D eigenvalue weighted by molar-refractivity contribution is 6.31. The number of benzene rings is 2. The molecule has 0 aliphatic rings. The number of hydrogen-bond donors (Lipinski definition) is 1. The van der Waals surface area contributed by atoms with Gasteiger partial charge in [-0.2, -0.15) is 0 Å². The van der Waals surface area contributed by atoms with Crippen molar-refractivity contribution in [2.45, 2.75) is 13.3 Å². The van der Waals surface area contributed by atoms with Gasteiger partial charge in [0.15, 0.2) is 0 Å². The van der Waals surface area contributed by atoms with E-state index >= 15 is 0 Å². The minimum absolute atomic E-state index is 0.595. The third-order valence-corrected chi connectivity index (χ3v) is 3.05. The highest BCUT2D eigenvalue weighted by Gasteiger charge is 2.03. The maximum Gasteiger partial charge on any atom is 0.128 e. The lowest BCUT2D eigenvalue weighted by Crippen LogP contribution is -2.03. The zero-order chi connectivity index (χ0) is 13.0. The smallest absolute Gasteiger partial charge is 0.128 e. The molecule has 94 valence electrons. The van der Waals surface area contributed by atoms with E-state index in [4.69, 9.17) is 22.1 Å². The van der Waals surface area contributed by atoms with E-state index in [9.17, 15) is 0 Å². The lowest BCUT2D eigenvalue weighted by atomic mass is 10.1. The molecule has 0 unspecified atom stereocenters. The number of halogens is 1. The fourth-order valence-electron chi connectivity index (χ4n) is 1.69. The van der Waals surface area contributed by atoms with Gasteiger partial charge in [0.1, 0.15) is 11.5 Å². The van der Waals surface area contributed by atoms with Gasteiger partial charge < -0.3 is 10.5 Å². The van der Waals surface area contributed by atoms with Gasteiger partial charge in [0, 0.05) is 5.02 Å². The Morgan fingerprint density at radius 2 is 1.72 bits per heavy atom. The summed E-state index contributed by atoms with van der Waals surface area (Å²) >= 11 is 6.16. The van der Waals surface area contributed by atoms with Crippen LogP contribution in [-0.2, 0) is 6.42 Å². The van der Waals surface area contributed by atoms with Crippen LogP contribution in [0.25, 0.3) is 0 Å². The monoisotopic (exact) mass is 261 g/mol. The summed E-state index contributed by atoms with van der Waals surface area (Å²) < 4.78 is 5.73. The van der Waals surface area contributed by atoms with Crippen LogP contribution in [0.15, 0.2) is 42.5 Å². The summed E-state index contributed by atoms with van der Waals surface area (Å²) in [6.45, 7) is 2.64. The van der Waals surface area contributed by atoms with Gasteiger partial charge in [-0.1, -0.05) is 35.4 Å². The van der Waals surface area contributed by atoms with Crippen LogP contribution < -0.4 is 10.5 Å². The molecule has 0 amide bonds. The Hall–Kier alpha value is -1.51. The van der Waals surface area contributed by atoms with Crippen LogP contribution >= 0.6 is 11.6 Å². The van der Waals surface area contributed by atoms with Crippen molar-refractivity contribution in [1.29, 1.82) is 0 Å². The van der Waals surface area contributed by atoms with Crippen molar-refractivity contribution < 1.29 is 4.74 Å². The molecular formula is C15H16ClNO. The largest absolute Gasteiger partial charge is 0.457 e. The molecule has 0 spiro atoms. The number of nitrogens with two attached hydrogens (primary N) is 1. The molecule has 0 aromatic heterocycles. The molecule has 0 bridgehead atoms. The second kappa shape index (κ2) is 5.89. The Kier molecular flexibility index (Phi) is 4.24. The molecule has 0 saturated heterocycles. The molecule has 3 heteroatoms. The standard InChI is InChI=1S/C15H16ClNO/c1-11-2-5-13(6-3-11)18-14-7-4-12(8-9-17)15(16)10-14/h2-7,10H,8-9,17H2,1H3. The van der Waals surface area contributed by atoms with E-state index in [2.05, 4.69) is 0 Å². The SMILES string of the molecule is Cc1ccc(Oc2ccc(CCN)c(Cl)c2)cc1. The van der Waals surface area contributed by atoms with E-state index in [0.29, 0.717) is 11.6 Å². The molecule has 0 fully saturated rings. The normalized spacial score (nSPS) is 10.4. The molecule has 0 atom stereocenters. The second-order valence-electron chi connectivity index (χ2n) is 4.21. The quantitative estimate of drug-likeness (QED) is 0.905. The van der Waals surface area contributed by atoms with Gasteiger partial charge in [0.25, 0.3) is 0 Å². The van der Waals surface area contributed by atoms with Crippen LogP contribution in [0.2, 0.25) is 5.02 Å². The summed E-state index contributed by atoms with van der Waals surface area (Å²) in [6, 6.07) is 13.6. The molecule has 0 heterocycles. The van der Waals surface area contributed by atoms with Crippen molar-refractivity contribution in [3.63, 3.8) is 0 Å². The Labute approximate surface area is 112 Å². The molecule has 2 N–H and O–H groups in total. The summed E-state index contributed by atoms with van der Waals surface area (Å²) in [5.74, 6) is 1.55. The highest BCUT2D eigenvalue weighted by atomic mass is 35.5. The average molecular weight is 262 g/mol. The third kappa shape index (κ3) is 3.25. The van der Waals surface area contributed by atoms with Gasteiger partial charge in [-0.3, -0.25) is 0 Å². The van der Waals surface area contributed by atoms with Crippen molar-refractivity contribution in [3.05, 3.63) is 58.6 Å². The van der Waals surface area contributed by atoms with Gasteiger partial charge >= 0.3 is 0 Å². The van der Waals surface area contributed by atoms with Crippen molar-refractivity contribution in [3.8, 4) is 11.5 Å². The van der Waals surface area contributed by atoms with E-state index in [1.807, 2.05) is 49.4 Å². The molecule has 2 nitrogen and oxygen atoms in total. The molecule has 2 rings (SSSR count). The zero-order valence-corrected chi connectivity index (χ0v) is 11.1.